The fraction of sp³-hybridized carbons (Fsp3) is 0.533. The van der Waals surface area contributed by atoms with Crippen LogP contribution in [-0.4, -0.2) is 11.1 Å². The highest BCUT2D eigenvalue weighted by atomic mass is 79.9. The molecule has 0 spiro atoms. The molecule has 1 rings (SSSR count). The van der Waals surface area contributed by atoms with E-state index < -0.39 is 5.97 Å². The molecule has 1 unspecified atom stereocenters. The average Bonchev–Trinajstić information content (AvgIpc) is 2.45. The molecule has 0 fully saturated rings. The molecule has 0 amide bonds. The number of aromatic carboxylic acids is 1. The summed E-state index contributed by atoms with van der Waals surface area (Å²) in [7, 11) is 0. The third-order valence-electron chi connectivity index (χ3n) is 3.61. The van der Waals surface area contributed by atoms with Crippen LogP contribution in [0, 0.1) is 5.92 Å². The van der Waals surface area contributed by atoms with Crippen LogP contribution < -0.4 is 0 Å². The Morgan fingerprint density at radius 1 is 1.05 bits per heavy atom. The van der Waals surface area contributed by atoms with Gasteiger partial charge in [-0.05, 0) is 81.6 Å². The molecule has 0 radical (unpaired) electrons. The van der Waals surface area contributed by atoms with Gasteiger partial charge in [0.05, 0.1) is 5.56 Å². The standard InChI is InChI=1S/C15H18Br4O2/c1-3-5-6-8(4-2)7-9-10(15(20)21)12(17)14(19)13(18)11(9)16/h8H,3-7H2,1-2H3,(H,20,21). The minimum absolute atomic E-state index is 0.340. The van der Waals surface area contributed by atoms with Crippen LogP contribution in [0.3, 0.4) is 0 Å². The van der Waals surface area contributed by atoms with E-state index in [4.69, 9.17) is 0 Å². The van der Waals surface area contributed by atoms with Crippen LogP contribution in [0.15, 0.2) is 17.9 Å². The summed E-state index contributed by atoms with van der Waals surface area (Å²) in [5.74, 6) is -0.407. The minimum atomic E-state index is -0.906. The number of hydrogen-bond donors (Lipinski definition) is 1. The van der Waals surface area contributed by atoms with Crippen molar-refractivity contribution in [2.45, 2.75) is 46.0 Å². The molecule has 1 atom stereocenters. The van der Waals surface area contributed by atoms with Gasteiger partial charge in [-0.2, -0.15) is 0 Å². The van der Waals surface area contributed by atoms with E-state index in [-0.39, 0.29) is 0 Å². The number of carbonyl (C=O) groups is 1. The van der Waals surface area contributed by atoms with Crippen molar-refractivity contribution in [1.29, 1.82) is 0 Å². The van der Waals surface area contributed by atoms with E-state index in [1.807, 2.05) is 0 Å². The zero-order valence-corrected chi connectivity index (χ0v) is 18.3. The molecule has 0 aliphatic heterocycles. The molecule has 21 heavy (non-hydrogen) atoms. The maximum Gasteiger partial charge on any atom is 0.337 e. The highest BCUT2D eigenvalue weighted by Gasteiger charge is 2.24. The Hall–Kier alpha value is 0.610. The molecular weight excluding hydrogens is 532 g/mol. The predicted octanol–water partition coefficient (Wildman–Crippen LogP) is 7.19. The molecule has 2 nitrogen and oxygen atoms in total. The van der Waals surface area contributed by atoms with Crippen LogP contribution in [0.25, 0.3) is 0 Å². The molecule has 1 N–H and O–H groups in total. The third-order valence-corrected chi connectivity index (χ3v) is 8.46. The van der Waals surface area contributed by atoms with Crippen LogP contribution in [0.1, 0.15) is 55.5 Å². The molecule has 6 heteroatoms. The third kappa shape index (κ3) is 4.79. The van der Waals surface area contributed by atoms with E-state index in [0.717, 1.165) is 44.7 Å². The number of rotatable bonds is 7. The van der Waals surface area contributed by atoms with Crippen molar-refractivity contribution in [3.8, 4) is 0 Å². The van der Waals surface area contributed by atoms with Gasteiger partial charge in [0, 0.05) is 17.9 Å². The number of unbranched alkanes of at least 4 members (excludes halogenated alkanes) is 1. The molecule has 0 saturated heterocycles. The van der Waals surface area contributed by atoms with Gasteiger partial charge in [-0.15, -0.1) is 0 Å². The highest BCUT2D eigenvalue weighted by Crippen LogP contribution is 2.43. The zero-order chi connectivity index (χ0) is 16.2. The van der Waals surface area contributed by atoms with Gasteiger partial charge < -0.3 is 5.11 Å². The largest absolute Gasteiger partial charge is 0.478 e. The van der Waals surface area contributed by atoms with E-state index >= 15 is 0 Å². The molecule has 1 aromatic carbocycles. The Bertz CT molecular complexity index is 529. The van der Waals surface area contributed by atoms with Gasteiger partial charge in [-0.3, -0.25) is 0 Å². The van der Waals surface area contributed by atoms with Crippen LogP contribution in [-0.2, 0) is 6.42 Å². The van der Waals surface area contributed by atoms with Gasteiger partial charge in [-0.25, -0.2) is 4.79 Å². The second kappa shape index (κ2) is 9.04. The van der Waals surface area contributed by atoms with E-state index in [0.29, 0.717) is 16.0 Å². The Balaban J connectivity index is 3.30. The summed E-state index contributed by atoms with van der Waals surface area (Å²) in [5.41, 5.74) is 1.19. The van der Waals surface area contributed by atoms with E-state index in [9.17, 15) is 9.90 Å². The van der Waals surface area contributed by atoms with Crippen LogP contribution >= 0.6 is 63.7 Å². The van der Waals surface area contributed by atoms with Crippen molar-refractivity contribution in [2.24, 2.45) is 5.92 Å². The first-order valence-corrected chi connectivity index (χ1v) is 10.1. The van der Waals surface area contributed by atoms with Crippen molar-refractivity contribution in [1.82, 2.24) is 0 Å². The summed E-state index contributed by atoms with van der Waals surface area (Å²) < 4.78 is 2.98. The maximum absolute atomic E-state index is 11.7. The van der Waals surface area contributed by atoms with Gasteiger partial charge in [-0.1, -0.05) is 39.5 Å². The van der Waals surface area contributed by atoms with E-state index in [1.165, 1.54) is 6.42 Å². The lowest BCUT2D eigenvalue weighted by molar-refractivity contribution is 0.0694. The second-order valence-corrected chi connectivity index (χ2v) is 8.21. The SMILES string of the molecule is CCCCC(CC)Cc1c(Br)c(Br)c(Br)c(Br)c1C(=O)O. The maximum atomic E-state index is 11.7. The summed E-state index contributed by atoms with van der Waals surface area (Å²) in [6, 6.07) is 0. The molecule has 0 bridgehead atoms. The van der Waals surface area contributed by atoms with Gasteiger partial charge in [0.25, 0.3) is 0 Å². The molecule has 0 saturated carbocycles. The van der Waals surface area contributed by atoms with E-state index in [1.54, 1.807) is 0 Å². The first kappa shape index (κ1) is 19.7. The summed E-state index contributed by atoms with van der Waals surface area (Å²) in [5, 5.41) is 9.56. The molecule has 0 heterocycles. The van der Waals surface area contributed by atoms with Gasteiger partial charge in [0.2, 0.25) is 0 Å². The lowest BCUT2D eigenvalue weighted by Crippen LogP contribution is -2.11. The Morgan fingerprint density at radius 3 is 2.10 bits per heavy atom. The predicted molar refractivity (Wildman–Crippen MR) is 101 cm³/mol. The van der Waals surface area contributed by atoms with E-state index in [2.05, 4.69) is 77.6 Å². The van der Waals surface area contributed by atoms with Crippen molar-refractivity contribution in [3.63, 3.8) is 0 Å². The molecule has 1 aromatic rings. The summed E-state index contributed by atoms with van der Waals surface area (Å²) in [4.78, 5) is 11.7. The van der Waals surface area contributed by atoms with Crippen molar-refractivity contribution in [3.05, 3.63) is 29.0 Å². The van der Waals surface area contributed by atoms with Gasteiger partial charge >= 0.3 is 5.97 Å². The van der Waals surface area contributed by atoms with Crippen molar-refractivity contribution in [2.75, 3.05) is 0 Å². The lowest BCUT2D eigenvalue weighted by Gasteiger charge is -2.20. The molecule has 0 aliphatic rings. The average molecular weight is 550 g/mol. The fourth-order valence-electron chi connectivity index (χ4n) is 2.32. The molecule has 0 aromatic heterocycles. The normalized spacial score (nSPS) is 12.5. The monoisotopic (exact) mass is 546 g/mol. The highest BCUT2D eigenvalue weighted by molar-refractivity contribution is 9.15. The topological polar surface area (TPSA) is 37.3 Å². The molecular formula is C15H18Br4O2. The first-order chi connectivity index (χ1) is 9.84. The number of benzene rings is 1. The van der Waals surface area contributed by atoms with Gasteiger partial charge in [0.1, 0.15) is 0 Å². The number of hydrogen-bond acceptors (Lipinski definition) is 1. The Morgan fingerprint density at radius 2 is 1.62 bits per heavy atom. The zero-order valence-electron chi connectivity index (χ0n) is 12.0. The number of halogens is 4. The molecule has 0 aliphatic carbocycles. The fourth-order valence-corrected chi connectivity index (χ4v) is 4.86. The summed E-state index contributed by atoms with van der Waals surface area (Å²) in [6.07, 6.45) is 5.29. The number of carboxylic acid groups (broad SMARTS) is 1. The lowest BCUT2D eigenvalue weighted by atomic mass is 9.90. The molecule has 118 valence electrons. The number of carboxylic acids is 1. The summed E-state index contributed by atoms with van der Waals surface area (Å²) >= 11 is 13.9. The first-order valence-electron chi connectivity index (χ1n) is 6.93. The second-order valence-electron chi connectivity index (χ2n) is 5.04. The smallest absolute Gasteiger partial charge is 0.337 e. The summed E-state index contributed by atoms with van der Waals surface area (Å²) in [6.45, 7) is 4.34. The van der Waals surface area contributed by atoms with Crippen LogP contribution in [0.4, 0.5) is 0 Å². The Kier molecular flexibility index (Phi) is 8.46. The van der Waals surface area contributed by atoms with Crippen molar-refractivity contribution >= 4 is 69.7 Å². The quantitative estimate of drug-likeness (QED) is 0.289. The van der Waals surface area contributed by atoms with Crippen molar-refractivity contribution < 1.29 is 9.90 Å². The van der Waals surface area contributed by atoms with Crippen LogP contribution in [0.5, 0.6) is 0 Å². The Labute approximate surface area is 159 Å². The van der Waals surface area contributed by atoms with Gasteiger partial charge in [0.15, 0.2) is 0 Å². The minimum Gasteiger partial charge on any atom is -0.478 e. The van der Waals surface area contributed by atoms with Crippen LogP contribution in [0.2, 0.25) is 0 Å².